The fourth-order valence-electron chi connectivity index (χ4n) is 8.47. The van der Waals surface area contributed by atoms with E-state index in [1.807, 2.05) is 18.2 Å². The first-order valence-electron chi connectivity index (χ1n) is 19.4. The number of rotatable bonds is 5. The van der Waals surface area contributed by atoms with Crippen molar-refractivity contribution in [2.45, 2.75) is 0 Å². The van der Waals surface area contributed by atoms with Gasteiger partial charge in [0.05, 0.1) is 26.9 Å². The number of hydrogen-bond acceptors (Lipinski definition) is 5. The molecule has 0 saturated heterocycles. The molecule has 4 heterocycles. The lowest BCUT2D eigenvalue weighted by atomic mass is 10.0. The molecule has 0 aliphatic carbocycles. The molecule has 0 amide bonds. The zero-order valence-corrected chi connectivity index (χ0v) is 31.9. The molecule has 0 fully saturated rings. The van der Waals surface area contributed by atoms with Crippen LogP contribution in [0.5, 0.6) is 0 Å². The van der Waals surface area contributed by atoms with Crippen LogP contribution >= 0.6 is 11.3 Å². The third-order valence-corrected chi connectivity index (χ3v) is 12.4. The summed E-state index contributed by atoms with van der Waals surface area (Å²) in [5, 5.41) is 8.39. The summed E-state index contributed by atoms with van der Waals surface area (Å²) in [6, 6.07) is 66.1. The van der Waals surface area contributed by atoms with Gasteiger partial charge < -0.3 is 4.57 Å². The Morgan fingerprint density at radius 1 is 0.379 bits per heavy atom. The topological polar surface area (TPSA) is 56.5 Å². The van der Waals surface area contributed by atoms with E-state index in [-0.39, 0.29) is 0 Å². The number of fused-ring (bicyclic) bond motifs is 9. The third-order valence-electron chi connectivity index (χ3n) is 11.2. The zero-order chi connectivity index (χ0) is 38.2. The highest BCUT2D eigenvalue weighted by atomic mass is 32.1. The van der Waals surface area contributed by atoms with Crippen LogP contribution in [-0.4, -0.2) is 24.5 Å². The number of nitrogens with zero attached hydrogens (tertiary/aromatic N) is 5. The van der Waals surface area contributed by atoms with Gasteiger partial charge in [0.1, 0.15) is 0 Å². The maximum Gasteiger partial charge on any atom is 0.164 e. The molecule has 6 heteroatoms. The van der Waals surface area contributed by atoms with Crippen LogP contribution in [0.1, 0.15) is 0 Å². The SMILES string of the molecule is c1ccc(-c2nc(-c3ccc(-n4c5ccccc5c5ccccc54)cc3)nc(-c3ccc4sc5c(-c6ccc7ccccc7c6)nc6ccccc6c5c4c3)n2)cc1. The number of thiophene rings is 1. The van der Waals surface area contributed by atoms with Gasteiger partial charge in [-0.15, -0.1) is 11.3 Å². The van der Waals surface area contributed by atoms with Crippen molar-refractivity contribution in [3.8, 4) is 51.1 Å². The molecule has 0 saturated carbocycles. The van der Waals surface area contributed by atoms with E-state index >= 15 is 0 Å². The highest BCUT2D eigenvalue weighted by molar-refractivity contribution is 7.26. The molecule has 12 aromatic rings. The second kappa shape index (κ2) is 13.0. The Morgan fingerprint density at radius 2 is 0.948 bits per heavy atom. The molecule has 0 spiro atoms. The summed E-state index contributed by atoms with van der Waals surface area (Å²) < 4.78 is 4.69. The van der Waals surface area contributed by atoms with E-state index in [0.717, 1.165) is 49.9 Å². The minimum absolute atomic E-state index is 0.626. The van der Waals surface area contributed by atoms with Crippen molar-refractivity contribution in [2.75, 3.05) is 0 Å². The van der Waals surface area contributed by atoms with Gasteiger partial charge in [-0.25, -0.2) is 19.9 Å². The Labute approximate surface area is 337 Å². The lowest BCUT2D eigenvalue weighted by molar-refractivity contribution is 1.07. The number of benzene rings is 8. The van der Waals surface area contributed by atoms with Crippen LogP contribution in [0.2, 0.25) is 0 Å². The Balaban J connectivity index is 1.02. The van der Waals surface area contributed by atoms with Crippen molar-refractivity contribution in [3.05, 3.63) is 188 Å². The molecule has 5 nitrogen and oxygen atoms in total. The van der Waals surface area contributed by atoms with Crippen LogP contribution in [0.25, 0.3) is 115 Å². The van der Waals surface area contributed by atoms with Crippen molar-refractivity contribution in [1.29, 1.82) is 0 Å². The summed E-state index contributed by atoms with van der Waals surface area (Å²) in [5.41, 5.74) is 9.31. The highest BCUT2D eigenvalue weighted by Crippen LogP contribution is 2.44. The lowest BCUT2D eigenvalue weighted by Crippen LogP contribution is -2.00. The maximum absolute atomic E-state index is 5.27. The van der Waals surface area contributed by atoms with E-state index < -0.39 is 0 Å². The van der Waals surface area contributed by atoms with Crippen LogP contribution in [0.15, 0.2) is 188 Å². The summed E-state index contributed by atoms with van der Waals surface area (Å²) >= 11 is 1.79. The minimum Gasteiger partial charge on any atom is -0.309 e. The van der Waals surface area contributed by atoms with E-state index in [4.69, 9.17) is 19.9 Å². The molecule has 8 aromatic carbocycles. The van der Waals surface area contributed by atoms with Gasteiger partial charge in [-0.05, 0) is 77.5 Å². The molecular weight excluding hydrogens is 727 g/mol. The first kappa shape index (κ1) is 32.7. The van der Waals surface area contributed by atoms with Gasteiger partial charge in [-0.3, -0.25) is 0 Å². The molecule has 0 aliphatic rings. The van der Waals surface area contributed by atoms with Gasteiger partial charge >= 0.3 is 0 Å². The summed E-state index contributed by atoms with van der Waals surface area (Å²) in [7, 11) is 0. The van der Waals surface area contributed by atoms with Crippen LogP contribution in [0.3, 0.4) is 0 Å². The fourth-order valence-corrected chi connectivity index (χ4v) is 9.68. The Bertz CT molecular complexity index is 3510. The first-order chi connectivity index (χ1) is 28.7. The van der Waals surface area contributed by atoms with Gasteiger partial charge in [0.25, 0.3) is 0 Å². The monoisotopic (exact) mass is 757 g/mol. The number of hydrogen-bond donors (Lipinski definition) is 0. The van der Waals surface area contributed by atoms with E-state index in [9.17, 15) is 0 Å². The Hall–Kier alpha value is -7.54. The van der Waals surface area contributed by atoms with E-state index in [0.29, 0.717) is 17.5 Å². The average Bonchev–Trinajstić information content (AvgIpc) is 3.85. The molecule has 0 N–H and O–H groups in total. The second-order valence-electron chi connectivity index (χ2n) is 14.6. The Morgan fingerprint density at radius 3 is 1.69 bits per heavy atom. The fraction of sp³-hybridized carbons (Fsp3) is 0. The summed E-state index contributed by atoms with van der Waals surface area (Å²) in [6.45, 7) is 0. The molecule has 0 bridgehead atoms. The molecule has 0 unspecified atom stereocenters. The number of aromatic nitrogens is 5. The summed E-state index contributed by atoms with van der Waals surface area (Å²) in [6.07, 6.45) is 0. The molecule has 0 atom stereocenters. The normalized spacial score (nSPS) is 11.8. The quantitative estimate of drug-likeness (QED) is 0.175. The van der Waals surface area contributed by atoms with E-state index in [1.54, 1.807) is 11.3 Å². The van der Waals surface area contributed by atoms with Crippen molar-refractivity contribution in [2.24, 2.45) is 0 Å². The third kappa shape index (κ3) is 5.23. The predicted molar refractivity (Wildman–Crippen MR) is 242 cm³/mol. The predicted octanol–water partition coefficient (Wildman–Crippen LogP) is 13.7. The largest absolute Gasteiger partial charge is 0.309 e. The Kier molecular flexibility index (Phi) is 7.33. The van der Waals surface area contributed by atoms with Crippen LogP contribution in [0, 0.1) is 0 Å². The van der Waals surface area contributed by atoms with Gasteiger partial charge in [-0.1, -0.05) is 121 Å². The number of para-hydroxylation sites is 3. The van der Waals surface area contributed by atoms with Crippen molar-refractivity contribution in [1.82, 2.24) is 24.5 Å². The van der Waals surface area contributed by atoms with Crippen LogP contribution in [0.4, 0.5) is 0 Å². The molecule has 12 rings (SSSR count). The molecule has 270 valence electrons. The second-order valence-corrected chi connectivity index (χ2v) is 15.7. The average molecular weight is 758 g/mol. The summed E-state index contributed by atoms with van der Waals surface area (Å²) in [4.78, 5) is 20.6. The van der Waals surface area contributed by atoms with Crippen molar-refractivity contribution in [3.63, 3.8) is 0 Å². The smallest absolute Gasteiger partial charge is 0.164 e. The molecule has 0 aliphatic heterocycles. The van der Waals surface area contributed by atoms with Crippen molar-refractivity contribution < 1.29 is 0 Å². The lowest BCUT2D eigenvalue weighted by Gasteiger charge is -2.11. The van der Waals surface area contributed by atoms with Crippen LogP contribution in [-0.2, 0) is 0 Å². The number of pyridine rings is 1. The summed E-state index contributed by atoms with van der Waals surface area (Å²) in [5.74, 6) is 1.89. The van der Waals surface area contributed by atoms with Gasteiger partial charge in [0.2, 0.25) is 0 Å². The standard InChI is InChI=1S/C52H31N5S/c1-2-13-33(14-3-1)50-54-51(34-24-27-38(28-25-34)57-44-20-10-7-16-39(44)40-17-8-11-21-45(40)57)56-52(55-50)37-26-29-46-42(31-37)47-41-18-6-9-19-43(41)53-48(49(47)58-46)36-23-22-32-12-4-5-15-35(32)30-36/h1-31H. The maximum atomic E-state index is 5.27. The van der Waals surface area contributed by atoms with Gasteiger partial charge in [0, 0.05) is 59.6 Å². The molecule has 58 heavy (non-hydrogen) atoms. The first-order valence-corrected chi connectivity index (χ1v) is 20.2. The van der Waals surface area contributed by atoms with Gasteiger partial charge in [-0.2, -0.15) is 0 Å². The van der Waals surface area contributed by atoms with E-state index in [1.165, 1.54) is 47.4 Å². The zero-order valence-electron chi connectivity index (χ0n) is 31.0. The highest BCUT2D eigenvalue weighted by Gasteiger charge is 2.19. The van der Waals surface area contributed by atoms with Crippen LogP contribution < -0.4 is 0 Å². The van der Waals surface area contributed by atoms with Crippen molar-refractivity contribution >= 4 is 75.0 Å². The molecule has 4 aromatic heterocycles. The molecule has 0 radical (unpaired) electrons. The van der Waals surface area contributed by atoms with Gasteiger partial charge in [0.15, 0.2) is 17.5 Å². The minimum atomic E-state index is 0.626. The van der Waals surface area contributed by atoms with E-state index in [2.05, 4.69) is 174 Å². The molecular formula is C52H31N5S.